The van der Waals surface area contributed by atoms with Crippen LogP contribution in [-0.2, 0) is 18.8 Å². The normalized spacial score (nSPS) is 22.3. The summed E-state index contributed by atoms with van der Waals surface area (Å²) in [5, 5.41) is 6.10. The highest BCUT2D eigenvalue weighted by atomic mass is 16.7. The van der Waals surface area contributed by atoms with Gasteiger partial charge in [-0.05, 0) is 67.2 Å². The molecule has 0 saturated carbocycles. The molecule has 200 valence electrons. The van der Waals surface area contributed by atoms with Crippen molar-refractivity contribution in [2.75, 3.05) is 18.4 Å². The van der Waals surface area contributed by atoms with Crippen molar-refractivity contribution in [1.82, 2.24) is 20.2 Å². The summed E-state index contributed by atoms with van der Waals surface area (Å²) in [6, 6.07) is -0.659. The number of carbonyl (C=O) groups excluding carboxylic acids is 2. The number of hydrogen-bond acceptors (Lipinski definition) is 8. The zero-order chi connectivity index (χ0) is 26.9. The lowest BCUT2D eigenvalue weighted by molar-refractivity contribution is -0.135. The molecule has 2 N–H and O–H groups in total. The van der Waals surface area contributed by atoms with E-state index in [1.165, 1.54) is 0 Å². The maximum atomic E-state index is 13.3. The van der Waals surface area contributed by atoms with Crippen molar-refractivity contribution in [3.63, 3.8) is 0 Å². The number of piperidine rings is 1. The van der Waals surface area contributed by atoms with Crippen LogP contribution in [0.3, 0.4) is 0 Å². The van der Waals surface area contributed by atoms with Gasteiger partial charge in [-0.2, -0.15) is 0 Å². The minimum atomic E-state index is -0.658. The van der Waals surface area contributed by atoms with E-state index in [0.29, 0.717) is 19.0 Å². The molecule has 1 aromatic heterocycles. The van der Waals surface area contributed by atoms with Gasteiger partial charge in [0.15, 0.2) is 0 Å². The van der Waals surface area contributed by atoms with E-state index in [2.05, 4.69) is 20.6 Å². The SMILES string of the molecule is CC(C)C(NC(=O)OC(C)(C)C)C(=O)N1CCC[C@@H](Nc2ncc(B3OC(C)(C)C(C)(C)O3)cn2)C1. The Bertz CT molecular complexity index is 916. The molecule has 0 bridgehead atoms. The first kappa shape index (κ1) is 28.2. The number of rotatable bonds is 6. The molecule has 3 heterocycles. The first-order chi connectivity index (χ1) is 16.6. The predicted octanol–water partition coefficient (Wildman–Crippen LogP) is 2.73. The Morgan fingerprint density at radius 3 is 2.25 bits per heavy atom. The van der Waals surface area contributed by atoms with Gasteiger partial charge in [0, 0.05) is 37.0 Å². The Balaban J connectivity index is 1.59. The molecule has 11 heteroatoms. The fourth-order valence-corrected chi connectivity index (χ4v) is 4.14. The summed E-state index contributed by atoms with van der Waals surface area (Å²) in [4.78, 5) is 36.3. The maximum absolute atomic E-state index is 13.3. The molecule has 36 heavy (non-hydrogen) atoms. The summed E-state index contributed by atoms with van der Waals surface area (Å²) in [5.41, 5.74) is -0.738. The van der Waals surface area contributed by atoms with E-state index in [4.69, 9.17) is 14.0 Å². The van der Waals surface area contributed by atoms with Gasteiger partial charge in [0.05, 0.1) is 11.2 Å². The van der Waals surface area contributed by atoms with E-state index in [1.807, 2.05) is 41.5 Å². The Kier molecular flexibility index (Phi) is 8.25. The molecule has 1 unspecified atom stereocenters. The minimum Gasteiger partial charge on any atom is -0.444 e. The molecule has 2 atom stereocenters. The smallest absolute Gasteiger partial charge is 0.444 e. The monoisotopic (exact) mass is 503 g/mol. The largest absolute Gasteiger partial charge is 0.498 e. The molecular formula is C25H42BN5O5. The summed E-state index contributed by atoms with van der Waals surface area (Å²) in [6.07, 6.45) is 4.56. The van der Waals surface area contributed by atoms with Crippen LogP contribution in [0.4, 0.5) is 10.7 Å². The highest BCUT2D eigenvalue weighted by Crippen LogP contribution is 2.36. The van der Waals surface area contributed by atoms with E-state index in [1.54, 1.807) is 38.1 Å². The fraction of sp³-hybridized carbons (Fsp3) is 0.760. The van der Waals surface area contributed by atoms with Gasteiger partial charge in [-0.1, -0.05) is 13.8 Å². The Hall–Kier alpha value is -2.40. The third-order valence-corrected chi connectivity index (χ3v) is 6.87. The molecule has 10 nitrogen and oxygen atoms in total. The van der Waals surface area contributed by atoms with Crippen LogP contribution in [0, 0.1) is 5.92 Å². The molecule has 1 aromatic rings. The lowest BCUT2D eigenvalue weighted by Gasteiger charge is -2.36. The van der Waals surface area contributed by atoms with E-state index in [0.717, 1.165) is 18.3 Å². The summed E-state index contributed by atoms with van der Waals surface area (Å²) < 4.78 is 17.5. The zero-order valence-electron chi connectivity index (χ0n) is 23.2. The Morgan fingerprint density at radius 2 is 1.72 bits per heavy atom. The molecule has 2 aliphatic rings. The highest BCUT2D eigenvalue weighted by Gasteiger charge is 2.52. The van der Waals surface area contributed by atoms with Crippen LogP contribution in [0.25, 0.3) is 0 Å². The number of alkyl carbamates (subject to hydrolysis) is 1. The number of likely N-dealkylation sites (tertiary alicyclic amines) is 1. The maximum Gasteiger partial charge on any atom is 0.498 e. The third kappa shape index (κ3) is 6.88. The van der Waals surface area contributed by atoms with Crippen LogP contribution in [0.5, 0.6) is 0 Å². The summed E-state index contributed by atoms with van der Waals surface area (Å²) >= 11 is 0. The summed E-state index contributed by atoms with van der Waals surface area (Å²) in [7, 11) is -0.516. The van der Waals surface area contributed by atoms with Gasteiger partial charge in [-0.25, -0.2) is 14.8 Å². The molecule has 3 rings (SSSR count). The lowest BCUT2D eigenvalue weighted by atomic mass is 9.81. The summed E-state index contributed by atoms with van der Waals surface area (Å²) in [5.74, 6) is 0.297. The lowest BCUT2D eigenvalue weighted by Crippen LogP contribution is -2.55. The number of nitrogens with zero attached hydrogens (tertiary/aromatic N) is 3. The van der Waals surface area contributed by atoms with Crippen molar-refractivity contribution in [2.24, 2.45) is 5.92 Å². The highest BCUT2D eigenvalue weighted by molar-refractivity contribution is 6.61. The van der Waals surface area contributed by atoms with Crippen LogP contribution in [0.1, 0.15) is 75.2 Å². The molecular weight excluding hydrogens is 461 g/mol. The van der Waals surface area contributed by atoms with Crippen molar-refractivity contribution >= 4 is 30.5 Å². The number of aromatic nitrogens is 2. The number of amides is 2. The molecule has 2 aliphatic heterocycles. The minimum absolute atomic E-state index is 0.000244. The Morgan fingerprint density at radius 1 is 1.14 bits per heavy atom. The molecule has 2 amide bonds. The van der Waals surface area contributed by atoms with Gasteiger partial charge < -0.3 is 29.6 Å². The van der Waals surface area contributed by atoms with Gasteiger partial charge in [-0.15, -0.1) is 0 Å². The van der Waals surface area contributed by atoms with E-state index >= 15 is 0 Å². The number of hydrogen-bond donors (Lipinski definition) is 2. The van der Waals surface area contributed by atoms with Crippen LogP contribution >= 0.6 is 0 Å². The first-order valence-electron chi connectivity index (χ1n) is 12.8. The number of ether oxygens (including phenoxy) is 1. The third-order valence-electron chi connectivity index (χ3n) is 6.87. The standard InChI is InChI=1S/C25H42BN5O5/c1-16(2)19(30-22(33)34-23(3,4)5)20(32)31-12-10-11-18(15-31)29-21-27-13-17(14-28-21)26-35-24(6,7)25(8,9)36-26/h13-14,16,18-19H,10-12,15H2,1-9H3,(H,30,33)(H,27,28,29)/t18-,19?/m1/s1. The predicted molar refractivity (Wildman–Crippen MR) is 139 cm³/mol. The van der Waals surface area contributed by atoms with E-state index < -0.39 is 36.1 Å². The van der Waals surface area contributed by atoms with Crippen molar-refractivity contribution < 1.29 is 23.6 Å². The Labute approximate surface area is 215 Å². The fourth-order valence-electron chi connectivity index (χ4n) is 4.14. The van der Waals surface area contributed by atoms with E-state index in [9.17, 15) is 9.59 Å². The average Bonchev–Trinajstić information content (AvgIpc) is 2.98. The van der Waals surface area contributed by atoms with Crippen molar-refractivity contribution in [2.45, 2.75) is 104 Å². The van der Waals surface area contributed by atoms with Crippen LogP contribution < -0.4 is 16.1 Å². The molecule has 0 aliphatic carbocycles. The molecule has 2 fully saturated rings. The second-order valence-corrected chi connectivity index (χ2v) is 12.1. The van der Waals surface area contributed by atoms with Gasteiger partial charge in [-0.3, -0.25) is 4.79 Å². The topological polar surface area (TPSA) is 115 Å². The van der Waals surface area contributed by atoms with E-state index in [-0.39, 0.29) is 17.9 Å². The number of carbonyl (C=O) groups is 2. The average molecular weight is 503 g/mol. The van der Waals surface area contributed by atoms with Gasteiger partial charge in [0.2, 0.25) is 11.9 Å². The summed E-state index contributed by atoms with van der Waals surface area (Å²) in [6.45, 7) is 18.4. The van der Waals surface area contributed by atoms with Crippen molar-refractivity contribution in [3.8, 4) is 0 Å². The molecule has 0 radical (unpaired) electrons. The molecule has 2 saturated heterocycles. The zero-order valence-corrected chi connectivity index (χ0v) is 23.2. The quantitative estimate of drug-likeness (QED) is 0.570. The molecule has 0 aromatic carbocycles. The van der Waals surface area contributed by atoms with Crippen LogP contribution in [0.15, 0.2) is 12.4 Å². The molecule has 0 spiro atoms. The van der Waals surface area contributed by atoms with Crippen LogP contribution in [-0.4, -0.2) is 76.0 Å². The first-order valence-corrected chi connectivity index (χ1v) is 12.8. The van der Waals surface area contributed by atoms with Crippen LogP contribution in [0.2, 0.25) is 0 Å². The number of nitrogens with one attached hydrogen (secondary N) is 2. The van der Waals surface area contributed by atoms with Gasteiger partial charge >= 0.3 is 13.2 Å². The van der Waals surface area contributed by atoms with Crippen molar-refractivity contribution in [3.05, 3.63) is 12.4 Å². The number of anilines is 1. The van der Waals surface area contributed by atoms with Gasteiger partial charge in [0.1, 0.15) is 11.6 Å². The second kappa shape index (κ2) is 10.5. The second-order valence-electron chi connectivity index (χ2n) is 12.1. The van der Waals surface area contributed by atoms with Crippen molar-refractivity contribution in [1.29, 1.82) is 0 Å². The van der Waals surface area contributed by atoms with Gasteiger partial charge in [0.25, 0.3) is 0 Å².